The zero-order valence-corrected chi connectivity index (χ0v) is 14.9. The molecule has 0 aliphatic carbocycles. The smallest absolute Gasteiger partial charge is 0.318 e. The normalized spacial score (nSPS) is 12.1. The molecule has 2 aromatic rings. The van der Waals surface area contributed by atoms with Crippen LogP contribution >= 0.6 is 22.7 Å². The van der Waals surface area contributed by atoms with E-state index < -0.39 is 11.9 Å². The number of rotatable bonds is 7. The van der Waals surface area contributed by atoms with Crippen LogP contribution in [0.2, 0.25) is 0 Å². The van der Waals surface area contributed by atoms with Gasteiger partial charge in [0.1, 0.15) is 0 Å². The maximum atomic E-state index is 11.6. The van der Waals surface area contributed by atoms with Crippen LogP contribution in [-0.2, 0) is 19.3 Å². The van der Waals surface area contributed by atoms with Crippen molar-refractivity contribution in [3.63, 3.8) is 0 Å². The van der Waals surface area contributed by atoms with E-state index >= 15 is 0 Å². The summed E-state index contributed by atoms with van der Waals surface area (Å²) in [5, 5.41) is 11.3. The van der Waals surface area contributed by atoms with Gasteiger partial charge in [0.05, 0.1) is 34.0 Å². The van der Waals surface area contributed by atoms with E-state index in [2.05, 4.69) is 10.3 Å². The average Bonchev–Trinajstić information content (AvgIpc) is 3.28. The van der Waals surface area contributed by atoms with Crippen molar-refractivity contribution in [1.82, 2.24) is 0 Å². The lowest BCUT2D eigenvalue weighted by Gasteiger charge is -2.00. The third-order valence-corrected chi connectivity index (χ3v) is 4.81. The molecule has 0 fully saturated rings. The third kappa shape index (κ3) is 5.71. The second-order valence-electron chi connectivity index (χ2n) is 4.73. The largest absolute Gasteiger partial charge is 0.335 e. The zero-order valence-electron chi connectivity index (χ0n) is 13.2. The van der Waals surface area contributed by atoms with Crippen molar-refractivity contribution in [2.24, 2.45) is 10.3 Å². The molecular formula is C16H16N2O4S2. The van der Waals surface area contributed by atoms with Crippen molar-refractivity contribution in [2.75, 3.05) is 0 Å². The molecule has 0 bridgehead atoms. The first kappa shape index (κ1) is 18.0. The van der Waals surface area contributed by atoms with Gasteiger partial charge in [0.25, 0.3) is 0 Å². The number of hydrogen-bond donors (Lipinski definition) is 0. The number of hydrogen-bond acceptors (Lipinski definition) is 8. The van der Waals surface area contributed by atoms with Gasteiger partial charge in [-0.3, -0.25) is 0 Å². The minimum atomic E-state index is -0.596. The fourth-order valence-corrected chi connectivity index (χ4v) is 2.93. The van der Waals surface area contributed by atoms with E-state index in [4.69, 9.17) is 9.68 Å². The van der Waals surface area contributed by atoms with Crippen molar-refractivity contribution in [3.8, 4) is 0 Å². The minimum Gasteiger partial charge on any atom is -0.318 e. The SMILES string of the molecule is C/C(=N/OC(=O)CCC(=O)O/N=C(/C)c1cccs1)c1cccs1. The third-order valence-electron chi connectivity index (χ3n) is 2.86. The van der Waals surface area contributed by atoms with Gasteiger partial charge in [0.15, 0.2) is 0 Å². The summed E-state index contributed by atoms with van der Waals surface area (Å²) >= 11 is 3.00. The predicted molar refractivity (Wildman–Crippen MR) is 94.5 cm³/mol. The van der Waals surface area contributed by atoms with Crippen LogP contribution in [0.25, 0.3) is 0 Å². The van der Waals surface area contributed by atoms with Gasteiger partial charge in [-0.05, 0) is 36.7 Å². The molecule has 126 valence electrons. The fourth-order valence-electron chi connectivity index (χ4n) is 1.59. The first-order valence-electron chi connectivity index (χ1n) is 7.13. The molecule has 0 unspecified atom stereocenters. The van der Waals surface area contributed by atoms with Crippen molar-refractivity contribution in [2.45, 2.75) is 26.7 Å². The van der Waals surface area contributed by atoms with E-state index in [0.717, 1.165) is 9.75 Å². The highest BCUT2D eigenvalue weighted by molar-refractivity contribution is 7.12. The molecule has 0 aliphatic rings. The molecule has 0 atom stereocenters. The first-order valence-corrected chi connectivity index (χ1v) is 8.89. The molecule has 0 saturated carbocycles. The van der Waals surface area contributed by atoms with Gasteiger partial charge in [-0.2, -0.15) is 0 Å². The van der Waals surface area contributed by atoms with E-state index in [0.29, 0.717) is 11.4 Å². The van der Waals surface area contributed by atoms with Crippen LogP contribution < -0.4 is 0 Å². The molecule has 8 heteroatoms. The highest BCUT2D eigenvalue weighted by Crippen LogP contribution is 2.11. The van der Waals surface area contributed by atoms with Gasteiger partial charge in [0, 0.05) is 0 Å². The van der Waals surface area contributed by atoms with Crippen LogP contribution in [0.5, 0.6) is 0 Å². The number of nitrogens with zero attached hydrogens (tertiary/aromatic N) is 2. The Morgan fingerprint density at radius 1 is 0.875 bits per heavy atom. The Morgan fingerprint density at radius 3 is 1.62 bits per heavy atom. The first-order chi connectivity index (χ1) is 11.6. The second kappa shape index (κ2) is 9.09. The molecule has 0 saturated heterocycles. The second-order valence-corrected chi connectivity index (χ2v) is 6.63. The Hall–Kier alpha value is -2.32. The minimum absolute atomic E-state index is 0.117. The Labute approximate surface area is 147 Å². The van der Waals surface area contributed by atoms with Crippen LogP contribution in [0.1, 0.15) is 36.4 Å². The maximum Gasteiger partial charge on any atom is 0.335 e. The molecule has 0 aliphatic heterocycles. The van der Waals surface area contributed by atoms with Crippen molar-refractivity contribution in [1.29, 1.82) is 0 Å². The standard InChI is InChI=1S/C16H16N2O4S2/c1-11(13-5-3-9-23-13)17-21-15(19)7-8-16(20)22-18-12(2)14-6-4-10-24-14/h3-6,9-10H,7-8H2,1-2H3/b17-11-,18-12-. The lowest BCUT2D eigenvalue weighted by atomic mass is 10.3. The van der Waals surface area contributed by atoms with Crippen molar-refractivity contribution in [3.05, 3.63) is 44.8 Å². The Balaban J connectivity index is 1.72. The molecule has 2 rings (SSSR count). The van der Waals surface area contributed by atoms with Crippen LogP contribution in [0.4, 0.5) is 0 Å². The van der Waals surface area contributed by atoms with Crippen LogP contribution in [-0.4, -0.2) is 23.4 Å². The molecule has 0 N–H and O–H groups in total. The summed E-state index contributed by atoms with van der Waals surface area (Å²) in [5.41, 5.74) is 1.22. The molecular weight excluding hydrogens is 348 g/mol. The molecule has 0 spiro atoms. The van der Waals surface area contributed by atoms with Gasteiger partial charge >= 0.3 is 11.9 Å². The summed E-state index contributed by atoms with van der Waals surface area (Å²) in [6.45, 7) is 3.49. The topological polar surface area (TPSA) is 77.3 Å². The highest BCUT2D eigenvalue weighted by atomic mass is 32.1. The summed E-state index contributed by atoms with van der Waals surface area (Å²) < 4.78 is 0. The number of oxime groups is 2. The summed E-state index contributed by atoms with van der Waals surface area (Å²) in [6, 6.07) is 7.52. The van der Waals surface area contributed by atoms with Crippen molar-refractivity contribution >= 4 is 46.0 Å². The molecule has 2 aromatic heterocycles. The van der Waals surface area contributed by atoms with Crippen LogP contribution in [0, 0.1) is 0 Å². The fraction of sp³-hybridized carbons (Fsp3) is 0.250. The Bertz CT molecular complexity index is 670. The van der Waals surface area contributed by atoms with E-state index in [1.54, 1.807) is 13.8 Å². The maximum absolute atomic E-state index is 11.6. The molecule has 24 heavy (non-hydrogen) atoms. The van der Waals surface area contributed by atoms with Gasteiger partial charge in [-0.15, -0.1) is 22.7 Å². The Kier molecular flexibility index (Phi) is 6.83. The van der Waals surface area contributed by atoms with Gasteiger partial charge in [0.2, 0.25) is 0 Å². The summed E-state index contributed by atoms with van der Waals surface area (Å²) in [5.74, 6) is -1.19. The van der Waals surface area contributed by atoms with E-state index in [1.165, 1.54) is 22.7 Å². The average molecular weight is 364 g/mol. The van der Waals surface area contributed by atoms with E-state index in [1.807, 2.05) is 35.0 Å². The number of carbonyl (C=O) groups is 2. The summed E-state index contributed by atoms with van der Waals surface area (Å²) in [6.07, 6.45) is -0.235. The van der Waals surface area contributed by atoms with E-state index in [9.17, 15) is 9.59 Å². The Morgan fingerprint density at radius 2 is 1.29 bits per heavy atom. The quantitative estimate of drug-likeness (QED) is 0.425. The monoisotopic (exact) mass is 364 g/mol. The van der Waals surface area contributed by atoms with Crippen molar-refractivity contribution < 1.29 is 19.3 Å². The molecule has 6 nitrogen and oxygen atoms in total. The summed E-state index contributed by atoms with van der Waals surface area (Å²) in [7, 11) is 0. The molecule has 0 aromatic carbocycles. The highest BCUT2D eigenvalue weighted by Gasteiger charge is 2.10. The number of thiophene rings is 2. The van der Waals surface area contributed by atoms with Gasteiger partial charge in [-0.25, -0.2) is 9.59 Å². The molecule has 2 heterocycles. The van der Waals surface area contributed by atoms with Crippen LogP contribution in [0.3, 0.4) is 0 Å². The predicted octanol–water partition coefficient (Wildman–Crippen LogP) is 3.82. The lowest BCUT2D eigenvalue weighted by Crippen LogP contribution is -2.08. The lowest BCUT2D eigenvalue weighted by molar-refractivity contribution is -0.150. The molecule has 0 radical (unpaired) electrons. The summed E-state index contributed by atoms with van der Waals surface area (Å²) in [4.78, 5) is 34.5. The molecule has 0 amide bonds. The van der Waals surface area contributed by atoms with E-state index in [-0.39, 0.29) is 12.8 Å². The van der Waals surface area contributed by atoms with Gasteiger partial charge < -0.3 is 9.68 Å². The van der Waals surface area contributed by atoms with Crippen LogP contribution in [0.15, 0.2) is 45.3 Å². The van der Waals surface area contributed by atoms with Gasteiger partial charge in [-0.1, -0.05) is 22.4 Å². The number of carbonyl (C=O) groups excluding carboxylic acids is 2. The zero-order chi connectivity index (χ0) is 17.4.